The van der Waals surface area contributed by atoms with E-state index in [4.69, 9.17) is 5.11 Å². The van der Waals surface area contributed by atoms with Crippen LogP contribution in [0.2, 0.25) is 0 Å². The van der Waals surface area contributed by atoms with Gasteiger partial charge in [0.1, 0.15) is 4.90 Å². The highest BCUT2D eigenvalue weighted by atomic mass is 32.2. The molecule has 0 aliphatic heterocycles. The fourth-order valence-electron chi connectivity index (χ4n) is 1.82. The minimum absolute atomic E-state index is 0.0884. The van der Waals surface area contributed by atoms with Crippen LogP contribution in [0, 0.1) is 6.92 Å². The zero-order valence-electron chi connectivity index (χ0n) is 11.4. The van der Waals surface area contributed by atoms with Gasteiger partial charge in [0.15, 0.2) is 0 Å². The summed E-state index contributed by atoms with van der Waals surface area (Å²) in [6.45, 7) is 2.09. The molecule has 2 rings (SSSR count). The third-order valence-electron chi connectivity index (χ3n) is 2.96. The summed E-state index contributed by atoms with van der Waals surface area (Å²) < 4.78 is 27.6. The van der Waals surface area contributed by atoms with Crippen molar-refractivity contribution >= 4 is 15.7 Å². The fourth-order valence-corrected chi connectivity index (χ4v) is 2.97. The van der Waals surface area contributed by atoms with E-state index >= 15 is 0 Å². The van der Waals surface area contributed by atoms with Gasteiger partial charge in [0.05, 0.1) is 25.0 Å². The van der Waals surface area contributed by atoms with Gasteiger partial charge in [-0.15, -0.1) is 0 Å². The van der Waals surface area contributed by atoms with Gasteiger partial charge in [0.25, 0.3) is 10.0 Å². The van der Waals surface area contributed by atoms with Crippen LogP contribution in [0.3, 0.4) is 0 Å². The van der Waals surface area contributed by atoms with Crippen LogP contribution in [0.1, 0.15) is 5.56 Å². The minimum atomic E-state index is -3.64. The van der Waals surface area contributed by atoms with Gasteiger partial charge in [-0.1, -0.05) is 12.1 Å². The second-order valence-electron chi connectivity index (χ2n) is 4.47. The highest BCUT2D eigenvalue weighted by Gasteiger charge is 2.23. The Bertz CT molecular complexity index is 694. The van der Waals surface area contributed by atoms with E-state index in [9.17, 15) is 8.42 Å². The van der Waals surface area contributed by atoms with Crippen LogP contribution < -0.4 is 4.31 Å². The second kappa shape index (κ2) is 5.64. The summed E-state index contributed by atoms with van der Waals surface area (Å²) in [5, 5.41) is 12.7. The van der Waals surface area contributed by atoms with Gasteiger partial charge in [-0.25, -0.2) is 8.42 Å². The van der Waals surface area contributed by atoms with Crippen molar-refractivity contribution in [2.45, 2.75) is 18.4 Å². The maximum Gasteiger partial charge on any atom is 0.267 e. The number of benzene rings is 1. The van der Waals surface area contributed by atoms with E-state index in [-0.39, 0.29) is 18.0 Å². The van der Waals surface area contributed by atoms with Crippen LogP contribution in [-0.2, 0) is 16.6 Å². The number of nitrogens with zero attached hydrogens (tertiary/aromatic N) is 3. The molecule has 1 N–H and O–H groups in total. The summed E-state index contributed by atoms with van der Waals surface area (Å²) in [7, 11) is -2.13. The number of aryl methyl sites for hydroxylation is 1. The van der Waals surface area contributed by atoms with Gasteiger partial charge in [0, 0.05) is 13.2 Å². The predicted molar refractivity (Wildman–Crippen MR) is 76.1 cm³/mol. The largest absolute Gasteiger partial charge is 0.394 e. The topological polar surface area (TPSA) is 75.4 Å². The zero-order valence-corrected chi connectivity index (χ0v) is 12.2. The van der Waals surface area contributed by atoms with Gasteiger partial charge in [0.2, 0.25) is 0 Å². The summed E-state index contributed by atoms with van der Waals surface area (Å²) >= 11 is 0. The average Bonchev–Trinajstić information content (AvgIpc) is 2.87. The molecule has 0 aliphatic rings. The Hall–Kier alpha value is -1.86. The first-order valence-electron chi connectivity index (χ1n) is 6.14. The maximum absolute atomic E-state index is 12.5. The number of hydrogen-bond donors (Lipinski definition) is 1. The lowest BCUT2D eigenvalue weighted by Crippen LogP contribution is -2.26. The molecular formula is C13H17N3O3S. The molecule has 0 bridgehead atoms. The first-order chi connectivity index (χ1) is 9.45. The molecule has 6 nitrogen and oxygen atoms in total. The number of sulfonamides is 1. The molecule has 1 heterocycles. The molecule has 1 aromatic carbocycles. The molecule has 108 valence electrons. The molecule has 0 saturated heterocycles. The SMILES string of the molecule is Cc1cccc(N(C)S(=O)(=O)c2cnn(CCO)c2)c1. The molecule has 0 atom stereocenters. The highest BCUT2D eigenvalue weighted by molar-refractivity contribution is 7.92. The molecule has 0 fully saturated rings. The van der Waals surface area contributed by atoms with Crippen LogP contribution in [0.4, 0.5) is 5.69 Å². The van der Waals surface area contributed by atoms with Crippen molar-refractivity contribution in [3.8, 4) is 0 Å². The fraction of sp³-hybridized carbons (Fsp3) is 0.308. The van der Waals surface area contributed by atoms with Gasteiger partial charge in [-0.3, -0.25) is 8.99 Å². The van der Waals surface area contributed by atoms with Crippen molar-refractivity contribution in [1.29, 1.82) is 0 Å². The third kappa shape index (κ3) is 2.83. The summed E-state index contributed by atoms with van der Waals surface area (Å²) in [6, 6.07) is 7.26. The highest BCUT2D eigenvalue weighted by Crippen LogP contribution is 2.22. The molecule has 0 radical (unpaired) electrons. The lowest BCUT2D eigenvalue weighted by atomic mass is 10.2. The van der Waals surface area contributed by atoms with E-state index in [1.54, 1.807) is 12.1 Å². The number of aromatic nitrogens is 2. The maximum atomic E-state index is 12.5. The van der Waals surface area contributed by atoms with Crippen LogP contribution in [-0.4, -0.2) is 37.0 Å². The molecule has 2 aromatic rings. The van der Waals surface area contributed by atoms with E-state index in [1.807, 2.05) is 19.1 Å². The van der Waals surface area contributed by atoms with Gasteiger partial charge < -0.3 is 5.11 Å². The molecule has 7 heteroatoms. The number of rotatable bonds is 5. The van der Waals surface area contributed by atoms with Gasteiger partial charge in [-0.05, 0) is 24.6 Å². The standard InChI is InChI=1S/C13H17N3O3S/c1-11-4-3-5-12(8-11)15(2)20(18,19)13-9-14-16(10-13)6-7-17/h3-5,8-10,17H,6-7H2,1-2H3. The van der Waals surface area contributed by atoms with Gasteiger partial charge in [-0.2, -0.15) is 5.10 Å². The van der Waals surface area contributed by atoms with E-state index in [2.05, 4.69) is 5.10 Å². The normalized spacial score (nSPS) is 11.6. The Balaban J connectivity index is 2.33. The predicted octanol–water partition coefficient (Wildman–Crippen LogP) is 1.01. The number of aliphatic hydroxyl groups is 1. The lowest BCUT2D eigenvalue weighted by Gasteiger charge is -2.18. The Morgan fingerprint density at radius 2 is 2.15 bits per heavy atom. The van der Waals surface area contributed by atoms with Crippen LogP contribution in [0.5, 0.6) is 0 Å². The second-order valence-corrected chi connectivity index (χ2v) is 6.44. The molecular weight excluding hydrogens is 278 g/mol. The third-order valence-corrected chi connectivity index (χ3v) is 4.70. The average molecular weight is 295 g/mol. The Morgan fingerprint density at radius 1 is 1.40 bits per heavy atom. The van der Waals surface area contributed by atoms with Gasteiger partial charge >= 0.3 is 0 Å². The van der Waals surface area contributed by atoms with Crippen molar-refractivity contribution in [1.82, 2.24) is 9.78 Å². The van der Waals surface area contributed by atoms with E-state index in [1.165, 1.54) is 28.4 Å². The molecule has 0 amide bonds. The number of aliphatic hydroxyl groups excluding tert-OH is 1. The summed E-state index contributed by atoms with van der Waals surface area (Å²) in [6.07, 6.45) is 2.70. The van der Waals surface area contributed by atoms with Crippen molar-refractivity contribution in [3.63, 3.8) is 0 Å². The Kier molecular flexibility index (Phi) is 4.10. The first kappa shape index (κ1) is 14.5. The van der Waals surface area contributed by atoms with E-state index in [0.29, 0.717) is 5.69 Å². The molecule has 1 aromatic heterocycles. The number of hydrogen-bond acceptors (Lipinski definition) is 4. The van der Waals surface area contributed by atoms with Crippen molar-refractivity contribution < 1.29 is 13.5 Å². The van der Waals surface area contributed by atoms with Crippen LogP contribution >= 0.6 is 0 Å². The molecule has 0 saturated carbocycles. The quantitative estimate of drug-likeness (QED) is 0.893. The monoisotopic (exact) mass is 295 g/mol. The van der Waals surface area contributed by atoms with Crippen LogP contribution in [0.15, 0.2) is 41.6 Å². The lowest BCUT2D eigenvalue weighted by molar-refractivity contribution is 0.269. The van der Waals surface area contributed by atoms with Crippen molar-refractivity contribution in [2.24, 2.45) is 0 Å². The van der Waals surface area contributed by atoms with Crippen molar-refractivity contribution in [2.75, 3.05) is 18.0 Å². The Labute approximate surface area is 118 Å². The smallest absolute Gasteiger partial charge is 0.267 e. The van der Waals surface area contributed by atoms with Crippen molar-refractivity contribution in [3.05, 3.63) is 42.2 Å². The van der Waals surface area contributed by atoms with E-state index in [0.717, 1.165) is 5.56 Å². The van der Waals surface area contributed by atoms with Crippen LogP contribution in [0.25, 0.3) is 0 Å². The Morgan fingerprint density at radius 3 is 2.80 bits per heavy atom. The molecule has 20 heavy (non-hydrogen) atoms. The molecule has 0 spiro atoms. The zero-order chi connectivity index (χ0) is 14.8. The minimum Gasteiger partial charge on any atom is -0.394 e. The number of anilines is 1. The molecule has 0 aliphatic carbocycles. The van der Waals surface area contributed by atoms with E-state index < -0.39 is 10.0 Å². The first-order valence-corrected chi connectivity index (χ1v) is 7.58. The molecule has 0 unspecified atom stereocenters. The summed E-state index contributed by atoms with van der Waals surface area (Å²) in [5.74, 6) is 0. The summed E-state index contributed by atoms with van der Waals surface area (Å²) in [5.41, 5.74) is 1.58. The summed E-state index contributed by atoms with van der Waals surface area (Å²) in [4.78, 5) is 0.106.